The second-order valence-corrected chi connectivity index (χ2v) is 6.69. The van der Waals surface area contributed by atoms with Crippen LogP contribution in [0.4, 0.5) is 0 Å². The third kappa shape index (κ3) is 3.04. The number of thioether (sulfide) groups is 1. The first-order valence-corrected chi connectivity index (χ1v) is 8.58. The van der Waals surface area contributed by atoms with E-state index >= 15 is 0 Å². The van der Waals surface area contributed by atoms with Gasteiger partial charge in [-0.15, -0.1) is 11.3 Å². The molecule has 0 saturated carbocycles. The van der Waals surface area contributed by atoms with E-state index in [1.807, 2.05) is 23.1 Å². The zero-order chi connectivity index (χ0) is 13.8. The maximum absolute atomic E-state index is 12.4. The van der Waals surface area contributed by atoms with Gasteiger partial charge in [-0.2, -0.15) is 0 Å². The number of hydrogen-bond donors (Lipinski definition) is 0. The Morgan fingerprint density at radius 1 is 1.40 bits per heavy atom. The molecule has 3 heterocycles. The van der Waals surface area contributed by atoms with Crippen molar-refractivity contribution in [2.45, 2.75) is 23.9 Å². The maximum Gasteiger partial charge on any atom is 0.233 e. The van der Waals surface area contributed by atoms with Crippen LogP contribution >= 0.6 is 23.1 Å². The number of hydrogen-bond acceptors (Lipinski definition) is 4. The van der Waals surface area contributed by atoms with Gasteiger partial charge >= 0.3 is 0 Å². The van der Waals surface area contributed by atoms with E-state index in [9.17, 15) is 4.79 Å². The van der Waals surface area contributed by atoms with Crippen molar-refractivity contribution in [3.63, 3.8) is 0 Å². The van der Waals surface area contributed by atoms with Crippen molar-refractivity contribution in [1.29, 1.82) is 0 Å². The van der Waals surface area contributed by atoms with E-state index in [4.69, 9.17) is 0 Å². The minimum atomic E-state index is 0.219. The zero-order valence-electron chi connectivity index (χ0n) is 11.1. The lowest BCUT2D eigenvalue weighted by Gasteiger charge is -2.23. The molecule has 1 aliphatic rings. The molecule has 2 aromatic rings. The largest absolute Gasteiger partial charge is 0.334 e. The number of nitrogens with zero attached hydrogens (tertiary/aromatic N) is 2. The highest BCUT2D eigenvalue weighted by Crippen LogP contribution is 2.35. The van der Waals surface area contributed by atoms with E-state index < -0.39 is 0 Å². The Morgan fingerprint density at radius 2 is 2.35 bits per heavy atom. The van der Waals surface area contributed by atoms with Crippen molar-refractivity contribution in [2.24, 2.45) is 0 Å². The van der Waals surface area contributed by atoms with Crippen LogP contribution < -0.4 is 0 Å². The average molecular weight is 304 g/mol. The summed E-state index contributed by atoms with van der Waals surface area (Å²) in [5.74, 6) is 0.690. The van der Waals surface area contributed by atoms with E-state index in [1.165, 1.54) is 16.6 Å². The Balaban J connectivity index is 1.62. The summed E-state index contributed by atoms with van der Waals surface area (Å²) in [5.41, 5.74) is 0. The van der Waals surface area contributed by atoms with Gasteiger partial charge in [0.1, 0.15) is 0 Å². The molecule has 1 atom stereocenters. The smallest absolute Gasteiger partial charge is 0.233 e. The molecule has 1 fully saturated rings. The van der Waals surface area contributed by atoms with Gasteiger partial charge in [-0.1, -0.05) is 23.9 Å². The van der Waals surface area contributed by atoms with Gasteiger partial charge < -0.3 is 4.90 Å². The Morgan fingerprint density at radius 3 is 3.10 bits per heavy atom. The summed E-state index contributed by atoms with van der Waals surface area (Å²) in [6.07, 6.45) is 3.94. The summed E-state index contributed by atoms with van der Waals surface area (Å²) < 4.78 is 0. The normalized spacial score (nSPS) is 18.4. The first kappa shape index (κ1) is 13.6. The number of carbonyl (C=O) groups is 1. The van der Waals surface area contributed by atoms with Crippen LogP contribution in [-0.2, 0) is 4.79 Å². The first-order chi connectivity index (χ1) is 9.84. The lowest BCUT2D eigenvalue weighted by molar-refractivity contribution is -0.129. The highest BCUT2D eigenvalue weighted by molar-refractivity contribution is 7.99. The van der Waals surface area contributed by atoms with Gasteiger partial charge in [-0.3, -0.25) is 4.79 Å². The predicted molar refractivity (Wildman–Crippen MR) is 83.0 cm³/mol. The second kappa shape index (κ2) is 6.41. The number of pyridine rings is 1. The van der Waals surface area contributed by atoms with E-state index in [0.29, 0.717) is 5.75 Å². The molecule has 3 rings (SSSR count). The van der Waals surface area contributed by atoms with Crippen LogP contribution in [-0.4, -0.2) is 28.1 Å². The molecule has 0 aromatic carbocycles. The Labute approximate surface area is 127 Å². The van der Waals surface area contributed by atoms with Gasteiger partial charge in [-0.25, -0.2) is 4.98 Å². The Kier molecular flexibility index (Phi) is 4.38. The molecule has 0 bridgehead atoms. The number of amides is 1. The Hall–Kier alpha value is -1.33. The van der Waals surface area contributed by atoms with Crippen LogP contribution in [0.5, 0.6) is 0 Å². The molecular formula is C15H16N2OS2. The van der Waals surface area contributed by atoms with Crippen LogP contribution in [0.2, 0.25) is 0 Å². The summed E-state index contributed by atoms with van der Waals surface area (Å²) >= 11 is 3.26. The number of carbonyl (C=O) groups excluding carboxylic acids is 1. The third-order valence-electron chi connectivity index (χ3n) is 3.43. The van der Waals surface area contributed by atoms with Crippen molar-refractivity contribution in [3.05, 3.63) is 46.8 Å². The summed E-state index contributed by atoms with van der Waals surface area (Å²) in [6.45, 7) is 0.879. The molecule has 0 radical (unpaired) electrons. The molecule has 1 unspecified atom stereocenters. The quantitative estimate of drug-likeness (QED) is 0.809. The first-order valence-electron chi connectivity index (χ1n) is 6.71. The molecule has 1 saturated heterocycles. The minimum Gasteiger partial charge on any atom is -0.334 e. The third-order valence-corrected chi connectivity index (χ3v) is 5.33. The fraction of sp³-hybridized carbons (Fsp3) is 0.333. The number of rotatable bonds is 4. The Bertz CT molecular complexity index is 557. The predicted octanol–water partition coefficient (Wildman–Crippen LogP) is 3.60. The van der Waals surface area contributed by atoms with Crippen molar-refractivity contribution in [3.8, 4) is 0 Å². The van der Waals surface area contributed by atoms with Crippen molar-refractivity contribution < 1.29 is 4.79 Å². The highest BCUT2D eigenvalue weighted by atomic mass is 32.2. The minimum absolute atomic E-state index is 0.219. The van der Waals surface area contributed by atoms with E-state index in [-0.39, 0.29) is 11.9 Å². The van der Waals surface area contributed by atoms with Crippen molar-refractivity contribution >= 4 is 29.0 Å². The molecular weight excluding hydrogens is 288 g/mol. The van der Waals surface area contributed by atoms with Crippen LogP contribution in [0.15, 0.2) is 46.9 Å². The standard InChI is InChI=1S/C15H16N2OS2/c18-15(11-20-14-7-1-2-8-16-14)17-9-3-5-12(17)13-6-4-10-19-13/h1-2,4,6-8,10,12H,3,5,9,11H2. The summed E-state index contributed by atoms with van der Waals surface area (Å²) in [4.78, 5) is 20.0. The monoisotopic (exact) mass is 304 g/mol. The zero-order valence-corrected chi connectivity index (χ0v) is 12.7. The fourth-order valence-electron chi connectivity index (χ4n) is 2.49. The molecule has 2 aromatic heterocycles. The van der Waals surface area contributed by atoms with Gasteiger partial charge in [0.25, 0.3) is 0 Å². The second-order valence-electron chi connectivity index (χ2n) is 4.72. The SMILES string of the molecule is O=C(CSc1ccccn1)N1CCCC1c1cccs1. The molecule has 0 spiro atoms. The molecule has 5 heteroatoms. The molecule has 0 N–H and O–H groups in total. The molecule has 0 aliphatic carbocycles. The van der Waals surface area contributed by atoms with Crippen molar-refractivity contribution in [2.75, 3.05) is 12.3 Å². The van der Waals surface area contributed by atoms with Gasteiger partial charge in [-0.05, 0) is 36.4 Å². The van der Waals surface area contributed by atoms with Gasteiger partial charge in [0.05, 0.1) is 16.8 Å². The highest BCUT2D eigenvalue weighted by Gasteiger charge is 2.30. The average Bonchev–Trinajstić information content (AvgIpc) is 3.15. The maximum atomic E-state index is 12.4. The molecule has 20 heavy (non-hydrogen) atoms. The van der Waals surface area contributed by atoms with Gasteiger partial charge in [0, 0.05) is 17.6 Å². The fourth-order valence-corrected chi connectivity index (χ4v) is 4.11. The van der Waals surface area contributed by atoms with E-state index in [0.717, 1.165) is 24.4 Å². The van der Waals surface area contributed by atoms with Crippen LogP contribution in [0.25, 0.3) is 0 Å². The van der Waals surface area contributed by atoms with Crippen molar-refractivity contribution in [1.82, 2.24) is 9.88 Å². The molecule has 3 nitrogen and oxygen atoms in total. The van der Waals surface area contributed by atoms with Gasteiger partial charge in [0.2, 0.25) is 5.91 Å². The number of thiophene rings is 1. The number of aromatic nitrogens is 1. The topological polar surface area (TPSA) is 33.2 Å². The molecule has 1 aliphatic heterocycles. The van der Waals surface area contributed by atoms with E-state index in [2.05, 4.69) is 22.5 Å². The lowest BCUT2D eigenvalue weighted by atomic mass is 10.2. The number of likely N-dealkylation sites (tertiary alicyclic amines) is 1. The van der Waals surface area contributed by atoms with Crippen LogP contribution in [0.1, 0.15) is 23.8 Å². The molecule has 1 amide bonds. The van der Waals surface area contributed by atoms with E-state index in [1.54, 1.807) is 17.5 Å². The summed E-state index contributed by atoms with van der Waals surface area (Å²) in [6, 6.07) is 10.3. The summed E-state index contributed by atoms with van der Waals surface area (Å²) in [7, 11) is 0. The molecule has 104 valence electrons. The van der Waals surface area contributed by atoms with Gasteiger partial charge in [0.15, 0.2) is 0 Å². The van der Waals surface area contributed by atoms with Crippen LogP contribution in [0.3, 0.4) is 0 Å². The lowest BCUT2D eigenvalue weighted by Crippen LogP contribution is -2.31. The summed E-state index contributed by atoms with van der Waals surface area (Å²) in [5, 5.41) is 2.99. The van der Waals surface area contributed by atoms with Crippen LogP contribution in [0, 0.1) is 0 Å².